The van der Waals surface area contributed by atoms with Crippen LogP contribution in [0.3, 0.4) is 0 Å². The van der Waals surface area contributed by atoms with Gasteiger partial charge >= 0.3 is 11.9 Å². The molecule has 7 heteroatoms. The smallest absolute Gasteiger partial charge is 0.343 e. The van der Waals surface area contributed by atoms with Crippen LogP contribution in [0.1, 0.15) is 69.2 Å². The first kappa shape index (κ1) is 30.4. The Balaban J connectivity index is 1.35. The Kier molecular flexibility index (Phi) is 12.7. The number of carbonyl (C=O) groups is 2. The van der Waals surface area contributed by atoms with Gasteiger partial charge in [-0.3, -0.25) is 4.98 Å². The van der Waals surface area contributed by atoms with E-state index in [0.29, 0.717) is 42.5 Å². The molecule has 0 aliphatic heterocycles. The lowest BCUT2D eigenvalue weighted by Gasteiger charge is -2.09. The first-order valence-electron chi connectivity index (χ1n) is 13.9. The topological polar surface area (TPSA) is 84.0 Å². The number of benzene rings is 2. The molecule has 1 heterocycles. The third kappa shape index (κ3) is 10.6. The molecule has 212 valence electrons. The van der Waals surface area contributed by atoms with Gasteiger partial charge < -0.3 is 18.9 Å². The van der Waals surface area contributed by atoms with Crippen LogP contribution >= 0.6 is 0 Å². The van der Waals surface area contributed by atoms with Crippen LogP contribution < -0.4 is 14.2 Å². The monoisotopic (exact) mass is 545 g/mol. The van der Waals surface area contributed by atoms with Crippen molar-refractivity contribution in [1.29, 1.82) is 0 Å². The maximum absolute atomic E-state index is 12.6. The molecule has 0 amide bonds. The second-order valence-corrected chi connectivity index (χ2v) is 9.55. The molecule has 0 aliphatic carbocycles. The predicted octanol–water partition coefficient (Wildman–Crippen LogP) is 7.60. The quantitative estimate of drug-likeness (QED) is 0.0747. The molecule has 3 aromatic rings. The van der Waals surface area contributed by atoms with Gasteiger partial charge in [-0.25, -0.2) is 9.59 Å². The normalized spacial score (nSPS) is 10.6. The zero-order valence-corrected chi connectivity index (χ0v) is 23.5. The van der Waals surface area contributed by atoms with E-state index in [0.717, 1.165) is 62.0 Å². The molecule has 0 spiro atoms. The lowest BCUT2D eigenvalue weighted by atomic mass is 10.1. The average molecular weight is 546 g/mol. The molecule has 0 fully saturated rings. The SMILES string of the molecule is C=C(C)C(=O)OCCCCCCCOc1ccc(C(=O)Oc2ccc(-c3ccc(OCCCC)cn3)cc2)cc1. The van der Waals surface area contributed by atoms with E-state index in [2.05, 4.69) is 18.5 Å². The maximum Gasteiger partial charge on any atom is 0.343 e. The highest BCUT2D eigenvalue weighted by atomic mass is 16.5. The number of aromatic nitrogens is 1. The van der Waals surface area contributed by atoms with Gasteiger partial charge in [-0.2, -0.15) is 0 Å². The van der Waals surface area contributed by atoms with Crippen molar-refractivity contribution < 1.29 is 28.5 Å². The molecule has 0 aliphatic rings. The molecule has 0 unspecified atom stereocenters. The van der Waals surface area contributed by atoms with E-state index in [1.165, 1.54) is 0 Å². The Labute approximate surface area is 237 Å². The summed E-state index contributed by atoms with van der Waals surface area (Å²) in [5, 5.41) is 0. The fourth-order valence-electron chi connectivity index (χ4n) is 3.73. The van der Waals surface area contributed by atoms with Crippen LogP contribution in [0.2, 0.25) is 0 Å². The molecule has 1 aromatic heterocycles. The first-order valence-corrected chi connectivity index (χ1v) is 13.9. The Morgan fingerprint density at radius 2 is 1.32 bits per heavy atom. The van der Waals surface area contributed by atoms with E-state index in [-0.39, 0.29) is 5.97 Å². The number of hydrogen-bond donors (Lipinski definition) is 0. The van der Waals surface area contributed by atoms with Crippen molar-refractivity contribution in [3.05, 3.63) is 84.6 Å². The first-order chi connectivity index (χ1) is 19.5. The fourth-order valence-corrected chi connectivity index (χ4v) is 3.73. The van der Waals surface area contributed by atoms with Gasteiger partial charge in [0.25, 0.3) is 0 Å². The summed E-state index contributed by atoms with van der Waals surface area (Å²) in [6.45, 7) is 9.06. The largest absolute Gasteiger partial charge is 0.494 e. The molecular formula is C33H39NO6. The van der Waals surface area contributed by atoms with Gasteiger partial charge in [-0.05, 0) is 86.8 Å². The molecule has 0 saturated carbocycles. The van der Waals surface area contributed by atoms with Crippen molar-refractivity contribution in [3.8, 4) is 28.5 Å². The average Bonchev–Trinajstić information content (AvgIpc) is 2.97. The lowest BCUT2D eigenvalue weighted by Crippen LogP contribution is -2.08. The Hall–Kier alpha value is -4.13. The minimum atomic E-state index is -0.431. The van der Waals surface area contributed by atoms with E-state index in [1.54, 1.807) is 49.5 Å². The van der Waals surface area contributed by atoms with E-state index >= 15 is 0 Å². The second kappa shape index (κ2) is 16.7. The Bertz CT molecular complexity index is 1200. The van der Waals surface area contributed by atoms with Gasteiger partial charge in [-0.1, -0.05) is 39.2 Å². The number of esters is 2. The summed E-state index contributed by atoms with van der Waals surface area (Å²) in [5.74, 6) is 1.17. The highest BCUT2D eigenvalue weighted by Gasteiger charge is 2.10. The van der Waals surface area contributed by atoms with Gasteiger partial charge in [0.05, 0.1) is 37.3 Å². The predicted molar refractivity (Wildman–Crippen MR) is 156 cm³/mol. The molecular weight excluding hydrogens is 506 g/mol. The number of unbranched alkanes of at least 4 members (excludes halogenated alkanes) is 5. The van der Waals surface area contributed by atoms with Crippen molar-refractivity contribution in [1.82, 2.24) is 4.98 Å². The standard InChI is InChI=1S/C33H39NO6/c1-4-5-21-38-30-19-20-31(34-24-30)26-11-17-29(18-12-26)40-33(36)27-13-15-28(16-14-27)37-22-9-7-6-8-10-23-39-32(35)25(2)3/h11-20,24H,2,4-10,21-23H2,1,3H3. The van der Waals surface area contributed by atoms with Crippen LogP contribution in [0.25, 0.3) is 11.3 Å². The fraction of sp³-hybridized carbons (Fsp3) is 0.364. The third-order valence-electron chi connectivity index (χ3n) is 6.09. The van der Waals surface area contributed by atoms with Crippen LogP contribution in [0, 0.1) is 0 Å². The molecule has 40 heavy (non-hydrogen) atoms. The zero-order chi connectivity index (χ0) is 28.6. The number of carbonyl (C=O) groups excluding carboxylic acids is 2. The number of ether oxygens (including phenoxy) is 4. The van der Waals surface area contributed by atoms with Crippen LogP contribution in [-0.2, 0) is 9.53 Å². The number of hydrogen-bond acceptors (Lipinski definition) is 7. The van der Waals surface area contributed by atoms with Crippen LogP contribution in [0.15, 0.2) is 79.0 Å². The van der Waals surface area contributed by atoms with Crippen molar-refractivity contribution in [2.75, 3.05) is 19.8 Å². The summed E-state index contributed by atoms with van der Waals surface area (Å²) in [5.41, 5.74) is 2.62. The summed E-state index contributed by atoms with van der Waals surface area (Å²) in [4.78, 5) is 28.4. The summed E-state index contributed by atoms with van der Waals surface area (Å²) >= 11 is 0. The van der Waals surface area contributed by atoms with Crippen LogP contribution in [-0.4, -0.2) is 36.7 Å². The van der Waals surface area contributed by atoms with Gasteiger partial charge in [0.2, 0.25) is 0 Å². The molecule has 2 aromatic carbocycles. The van der Waals surface area contributed by atoms with Crippen molar-refractivity contribution >= 4 is 11.9 Å². The molecule has 0 bridgehead atoms. The summed E-state index contributed by atoms with van der Waals surface area (Å²) in [7, 11) is 0. The lowest BCUT2D eigenvalue weighted by molar-refractivity contribution is -0.139. The van der Waals surface area contributed by atoms with Crippen molar-refractivity contribution in [2.45, 2.75) is 58.8 Å². The van der Waals surface area contributed by atoms with E-state index in [9.17, 15) is 9.59 Å². The molecule has 0 atom stereocenters. The Morgan fingerprint density at radius 1 is 0.725 bits per heavy atom. The molecule has 0 radical (unpaired) electrons. The highest BCUT2D eigenvalue weighted by molar-refractivity contribution is 5.91. The van der Waals surface area contributed by atoms with Gasteiger partial charge in [-0.15, -0.1) is 0 Å². The van der Waals surface area contributed by atoms with Gasteiger partial charge in [0, 0.05) is 11.1 Å². The molecule has 0 N–H and O–H groups in total. The second-order valence-electron chi connectivity index (χ2n) is 9.55. The third-order valence-corrected chi connectivity index (χ3v) is 6.09. The van der Waals surface area contributed by atoms with Crippen molar-refractivity contribution in [2.24, 2.45) is 0 Å². The maximum atomic E-state index is 12.6. The number of nitrogens with zero attached hydrogens (tertiary/aromatic N) is 1. The molecule has 0 saturated heterocycles. The van der Waals surface area contributed by atoms with Gasteiger partial charge in [0.1, 0.15) is 17.2 Å². The van der Waals surface area contributed by atoms with E-state index < -0.39 is 5.97 Å². The summed E-state index contributed by atoms with van der Waals surface area (Å²) in [6, 6.07) is 18.0. The minimum Gasteiger partial charge on any atom is -0.494 e. The van der Waals surface area contributed by atoms with E-state index in [4.69, 9.17) is 18.9 Å². The van der Waals surface area contributed by atoms with Gasteiger partial charge in [0.15, 0.2) is 0 Å². The van der Waals surface area contributed by atoms with Crippen LogP contribution in [0.5, 0.6) is 17.2 Å². The number of rotatable bonds is 17. The highest BCUT2D eigenvalue weighted by Crippen LogP contribution is 2.23. The summed E-state index contributed by atoms with van der Waals surface area (Å²) < 4.78 is 22.1. The zero-order valence-electron chi connectivity index (χ0n) is 23.5. The molecule has 7 nitrogen and oxygen atoms in total. The van der Waals surface area contributed by atoms with E-state index in [1.807, 2.05) is 24.3 Å². The summed E-state index contributed by atoms with van der Waals surface area (Å²) in [6.07, 6.45) is 8.69. The van der Waals surface area contributed by atoms with Crippen molar-refractivity contribution in [3.63, 3.8) is 0 Å². The number of pyridine rings is 1. The van der Waals surface area contributed by atoms with Crippen LogP contribution in [0.4, 0.5) is 0 Å². The Morgan fingerprint density at radius 3 is 1.98 bits per heavy atom. The molecule has 3 rings (SSSR count). The minimum absolute atomic E-state index is 0.328.